The van der Waals surface area contributed by atoms with Gasteiger partial charge in [-0.1, -0.05) is 26.0 Å². The molecule has 76 heavy (non-hydrogen) atoms. The number of hydrogen-bond donors (Lipinski definition) is 0. The van der Waals surface area contributed by atoms with Gasteiger partial charge in [0, 0.05) is 48.5 Å². The molecule has 0 bridgehead atoms. The van der Waals surface area contributed by atoms with E-state index >= 15 is 0 Å². The Morgan fingerprint density at radius 1 is 0.487 bits per heavy atom. The molecule has 0 spiro atoms. The second-order valence-corrected chi connectivity index (χ2v) is 21.3. The van der Waals surface area contributed by atoms with Crippen molar-refractivity contribution in [3.8, 4) is 69.4 Å². The number of aromatic nitrogens is 14. The lowest BCUT2D eigenvalue weighted by molar-refractivity contribution is 0.378. The van der Waals surface area contributed by atoms with E-state index in [1.165, 1.54) is 64.2 Å². The van der Waals surface area contributed by atoms with E-state index in [2.05, 4.69) is 60.3 Å². The molecule has 0 unspecified atom stereocenters. The van der Waals surface area contributed by atoms with Crippen molar-refractivity contribution in [3.63, 3.8) is 0 Å². The van der Waals surface area contributed by atoms with E-state index in [9.17, 15) is 25.6 Å². The molecule has 0 saturated heterocycles. The standard InChI is InChI=1S/2C24H26FN7O5S/c2*1-14(22-27-11-16(25)12-28-22)15(2)38(33,34)13-19-30-31-23(17-7-6-8-20(29-17)36-4)32(19)21-18(35-3)9-10-26-24(21)37-5/h2*6-12,14-15H,13H2,1-5H3/t2*14-,15-/m00/s1. The highest BCUT2D eigenvalue weighted by molar-refractivity contribution is 7.91. The molecule has 8 heterocycles. The number of hydrogen-bond acceptors (Lipinski definition) is 22. The van der Waals surface area contributed by atoms with Crippen molar-refractivity contribution >= 4 is 19.7 Å². The average Bonchev–Trinajstić information content (AvgIpc) is 4.07. The van der Waals surface area contributed by atoms with Crippen LogP contribution < -0.4 is 28.4 Å². The lowest BCUT2D eigenvalue weighted by atomic mass is 10.1. The number of rotatable bonds is 20. The van der Waals surface area contributed by atoms with Gasteiger partial charge in [0.15, 0.2) is 66.0 Å². The van der Waals surface area contributed by atoms with Crippen molar-refractivity contribution in [2.24, 2.45) is 0 Å². The second-order valence-electron chi connectivity index (χ2n) is 16.5. The van der Waals surface area contributed by atoms with Crippen molar-refractivity contribution in [1.82, 2.24) is 69.4 Å². The molecule has 8 aromatic rings. The number of halogens is 2. The van der Waals surface area contributed by atoms with Crippen LogP contribution in [-0.4, -0.2) is 139 Å². The predicted octanol–water partition coefficient (Wildman–Crippen LogP) is 5.57. The summed E-state index contributed by atoms with van der Waals surface area (Å²) in [5.41, 5.74) is 1.34. The molecule has 0 saturated carbocycles. The normalized spacial score (nSPS) is 13.1. The van der Waals surface area contributed by atoms with E-state index in [0.29, 0.717) is 46.0 Å². The Morgan fingerprint density at radius 2 is 0.855 bits per heavy atom. The maximum atomic E-state index is 13.6. The third-order valence-electron chi connectivity index (χ3n) is 12.1. The molecule has 0 N–H and O–H groups in total. The average molecular weight is 1090 g/mol. The molecule has 4 atom stereocenters. The highest BCUT2D eigenvalue weighted by Crippen LogP contribution is 2.38. The molecule has 8 aromatic heterocycles. The Labute approximate surface area is 435 Å². The summed E-state index contributed by atoms with van der Waals surface area (Å²) in [5, 5.41) is 15.1. The number of nitrogens with zero attached hydrogens (tertiary/aromatic N) is 14. The summed E-state index contributed by atoms with van der Waals surface area (Å²) in [5.74, 6) is -0.775. The molecule has 24 nitrogen and oxygen atoms in total. The minimum atomic E-state index is -3.87. The van der Waals surface area contributed by atoms with Gasteiger partial charge >= 0.3 is 0 Å². The second kappa shape index (κ2) is 23.9. The smallest absolute Gasteiger partial charge is 0.242 e. The Morgan fingerprint density at radius 3 is 1.18 bits per heavy atom. The first-order valence-electron chi connectivity index (χ1n) is 22.8. The summed E-state index contributed by atoms with van der Waals surface area (Å²) < 4.78 is 116. The van der Waals surface area contributed by atoms with E-state index in [0.717, 1.165) is 24.8 Å². The summed E-state index contributed by atoms with van der Waals surface area (Å²) in [6, 6.07) is 13.4. The van der Waals surface area contributed by atoms with E-state index in [1.54, 1.807) is 76.2 Å². The molecule has 0 aliphatic carbocycles. The van der Waals surface area contributed by atoms with Crippen LogP contribution in [0.1, 0.15) is 62.8 Å². The van der Waals surface area contributed by atoms with Gasteiger partial charge in [0.1, 0.15) is 46.0 Å². The first-order valence-corrected chi connectivity index (χ1v) is 26.3. The summed E-state index contributed by atoms with van der Waals surface area (Å²) in [4.78, 5) is 33.2. The van der Waals surface area contributed by atoms with Gasteiger partial charge < -0.3 is 28.4 Å². The Bertz CT molecular complexity index is 3250. The maximum Gasteiger partial charge on any atom is 0.242 e. The fourth-order valence-electron chi connectivity index (χ4n) is 7.58. The highest BCUT2D eigenvalue weighted by atomic mass is 32.2. The first kappa shape index (κ1) is 55.4. The third-order valence-corrected chi connectivity index (χ3v) is 16.5. The molecule has 400 valence electrons. The van der Waals surface area contributed by atoms with Gasteiger partial charge in [-0.3, -0.25) is 9.13 Å². The SMILES string of the molecule is COc1cccc(-c2nnc(CS(=O)(=O)[C@@H](C)[C@H](C)c3ncc(F)cn3)n2-c2c(OC)ccnc2OC)n1.COc1cccc(-c2nnc(CS(=O)(=O)[C@@H](C)[C@H](C)c3ncc(F)cn3)n2-c2c(OC)ccnc2OC)n1. The third kappa shape index (κ3) is 11.9. The molecule has 28 heteroatoms. The van der Waals surface area contributed by atoms with Gasteiger partial charge in [0.2, 0.25) is 23.5 Å². The summed E-state index contributed by atoms with van der Waals surface area (Å²) in [6.45, 7) is 6.42. The van der Waals surface area contributed by atoms with Crippen LogP contribution >= 0.6 is 0 Å². The van der Waals surface area contributed by atoms with Gasteiger partial charge in [-0.25, -0.2) is 65.5 Å². The quantitative estimate of drug-likeness (QED) is 0.0901. The van der Waals surface area contributed by atoms with Gasteiger partial charge in [-0.05, 0) is 26.0 Å². The fourth-order valence-corrected chi connectivity index (χ4v) is 10.7. The number of sulfone groups is 2. The molecular formula is C48H52F2N14O10S2. The molecule has 0 aliphatic heterocycles. The monoisotopic (exact) mass is 1090 g/mol. The molecule has 0 amide bonds. The fraction of sp³-hybridized carbons (Fsp3) is 0.333. The summed E-state index contributed by atoms with van der Waals surface area (Å²) in [6.07, 6.45) is 7.01. The lowest BCUT2D eigenvalue weighted by Crippen LogP contribution is -2.27. The zero-order valence-corrected chi connectivity index (χ0v) is 44.4. The van der Waals surface area contributed by atoms with Crippen LogP contribution in [0.25, 0.3) is 34.4 Å². The van der Waals surface area contributed by atoms with E-state index in [-0.39, 0.29) is 46.7 Å². The van der Waals surface area contributed by atoms with Crippen LogP contribution in [0.5, 0.6) is 35.0 Å². The minimum absolute atomic E-state index is 0.0771. The summed E-state index contributed by atoms with van der Waals surface area (Å²) in [7, 11) is 1.03. The molecule has 0 aromatic carbocycles. The van der Waals surface area contributed by atoms with Gasteiger partial charge in [-0.2, -0.15) is 0 Å². The molecule has 0 fully saturated rings. The van der Waals surface area contributed by atoms with Gasteiger partial charge in [-0.15, -0.1) is 20.4 Å². The van der Waals surface area contributed by atoms with Crippen molar-refractivity contribution in [3.05, 3.63) is 121 Å². The Balaban J connectivity index is 0.000000221. The lowest BCUT2D eigenvalue weighted by Gasteiger charge is -2.20. The van der Waals surface area contributed by atoms with E-state index < -0.39 is 65.2 Å². The van der Waals surface area contributed by atoms with Crippen molar-refractivity contribution in [2.75, 3.05) is 42.7 Å². The van der Waals surface area contributed by atoms with Gasteiger partial charge in [0.25, 0.3) is 0 Å². The zero-order chi connectivity index (χ0) is 54.9. The van der Waals surface area contributed by atoms with Crippen molar-refractivity contribution in [1.29, 1.82) is 0 Å². The largest absolute Gasteiger partial charge is 0.494 e. The number of ether oxygens (including phenoxy) is 6. The zero-order valence-electron chi connectivity index (χ0n) is 42.7. The first-order chi connectivity index (χ1) is 36.4. The molecular weight excluding hydrogens is 1030 g/mol. The molecule has 8 rings (SSSR count). The van der Waals surface area contributed by atoms with Crippen molar-refractivity contribution < 1.29 is 54.0 Å². The van der Waals surface area contributed by atoms with Crippen LogP contribution in [0, 0.1) is 11.6 Å². The van der Waals surface area contributed by atoms with E-state index in [4.69, 9.17) is 28.4 Å². The van der Waals surface area contributed by atoms with Crippen LogP contribution in [0.15, 0.2) is 85.7 Å². The highest BCUT2D eigenvalue weighted by Gasteiger charge is 2.35. The van der Waals surface area contributed by atoms with E-state index in [1.807, 2.05) is 0 Å². The topological polar surface area (TPSA) is 288 Å². The number of methoxy groups -OCH3 is 6. The van der Waals surface area contributed by atoms with Crippen LogP contribution in [-0.2, 0) is 31.2 Å². The maximum absolute atomic E-state index is 13.6. The van der Waals surface area contributed by atoms with Crippen molar-refractivity contribution in [2.45, 2.75) is 61.5 Å². The van der Waals surface area contributed by atoms with Crippen LogP contribution in [0.2, 0.25) is 0 Å². The Kier molecular flexibility index (Phi) is 17.4. The van der Waals surface area contributed by atoms with Crippen LogP contribution in [0.4, 0.5) is 8.78 Å². The number of pyridine rings is 4. The molecule has 0 radical (unpaired) electrons. The summed E-state index contributed by atoms with van der Waals surface area (Å²) >= 11 is 0. The minimum Gasteiger partial charge on any atom is -0.494 e. The Hall–Kier alpha value is -8.40. The van der Waals surface area contributed by atoms with Crippen LogP contribution in [0.3, 0.4) is 0 Å². The molecule has 0 aliphatic rings. The predicted molar refractivity (Wildman–Crippen MR) is 269 cm³/mol. The van der Waals surface area contributed by atoms with Gasteiger partial charge in [0.05, 0.1) is 77.9 Å².